The average molecular weight is 567 g/mol. The first kappa shape index (κ1) is 28.6. The van der Waals surface area contributed by atoms with Crippen LogP contribution in [0.5, 0.6) is 5.75 Å². The van der Waals surface area contributed by atoms with E-state index in [1.54, 1.807) is 36.4 Å². The highest BCUT2D eigenvalue weighted by Gasteiger charge is 2.62. The summed E-state index contributed by atoms with van der Waals surface area (Å²) in [5.74, 6) is -5.51. The van der Waals surface area contributed by atoms with Gasteiger partial charge in [-0.3, -0.25) is 19.2 Å². The van der Waals surface area contributed by atoms with E-state index in [0.717, 1.165) is 6.92 Å². The molecule has 0 amide bonds. The lowest BCUT2D eigenvalue weighted by atomic mass is 9.73. The van der Waals surface area contributed by atoms with Crippen molar-refractivity contribution >= 4 is 23.5 Å². The molecule has 41 heavy (non-hydrogen) atoms. The third-order valence-corrected chi connectivity index (χ3v) is 7.28. The second kappa shape index (κ2) is 11.2. The van der Waals surface area contributed by atoms with Crippen LogP contribution < -0.4 is 4.74 Å². The van der Waals surface area contributed by atoms with Gasteiger partial charge in [-0.2, -0.15) is 0 Å². The van der Waals surface area contributed by atoms with Gasteiger partial charge in [0.2, 0.25) is 5.79 Å². The Hall–Kier alpha value is -3.90. The molecule has 1 fully saturated rings. The van der Waals surface area contributed by atoms with E-state index in [9.17, 15) is 29.4 Å². The number of esters is 2. The predicted molar refractivity (Wildman–Crippen MR) is 140 cm³/mol. The van der Waals surface area contributed by atoms with Gasteiger partial charge in [0.05, 0.1) is 43.0 Å². The van der Waals surface area contributed by atoms with E-state index in [1.165, 1.54) is 26.2 Å². The van der Waals surface area contributed by atoms with Crippen molar-refractivity contribution in [2.24, 2.45) is 0 Å². The molecule has 0 aromatic heterocycles. The van der Waals surface area contributed by atoms with E-state index in [4.69, 9.17) is 23.7 Å². The minimum Gasteiger partial charge on any atom is -0.496 e. The molecular weight excluding hydrogens is 536 g/mol. The predicted octanol–water partition coefficient (Wildman–Crippen LogP) is 2.06. The third kappa shape index (κ3) is 5.17. The normalized spacial score (nSPS) is 25.4. The van der Waals surface area contributed by atoms with Gasteiger partial charge in [-0.05, 0) is 18.6 Å². The molecule has 2 aromatic rings. The van der Waals surface area contributed by atoms with Gasteiger partial charge in [0.1, 0.15) is 18.0 Å². The Morgan fingerprint density at radius 2 is 1.83 bits per heavy atom. The molecule has 11 nitrogen and oxygen atoms in total. The zero-order chi connectivity index (χ0) is 29.5. The molecule has 2 aliphatic heterocycles. The molecule has 5 rings (SSSR count). The number of hydrogen-bond acceptors (Lipinski definition) is 11. The maximum absolute atomic E-state index is 14.2. The van der Waals surface area contributed by atoms with Crippen molar-refractivity contribution in [2.45, 2.75) is 69.6 Å². The summed E-state index contributed by atoms with van der Waals surface area (Å²) in [6, 6.07) is 13.4. The minimum atomic E-state index is -2.71. The number of ether oxygens (including phenoxy) is 5. The SMILES string of the molecule is COc1cccc2c1C(=O)C1=C(C2=O)[C@@H]2OC(=O)C[C@@H]2O[C@]1(O)[C@H](OCc1ccccc1)[C@@H](C[C@@H](C)O)OC(C)=O. The van der Waals surface area contributed by atoms with Crippen LogP contribution in [0.4, 0.5) is 0 Å². The van der Waals surface area contributed by atoms with Crippen LogP contribution in [-0.4, -0.2) is 77.1 Å². The number of fused-ring (bicyclic) bond motifs is 3. The van der Waals surface area contributed by atoms with Gasteiger partial charge in [0.25, 0.3) is 0 Å². The number of hydrogen-bond donors (Lipinski definition) is 2. The molecule has 2 aromatic carbocycles. The number of methoxy groups -OCH3 is 1. The smallest absolute Gasteiger partial charge is 0.309 e. The van der Waals surface area contributed by atoms with Gasteiger partial charge in [0.15, 0.2) is 23.8 Å². The number of benzene rings is 2. The molecule has 2 N–H and O–H groups in total. The fraction of sp³-hybridized carbons (Fsp3) is 0.400. The summed E-state index contributed by atoms with van der Waals surface area (Å²) >= 11 is 0. The number of aliphatic hydroxyl groups excluding tert-OH is 1. The molecule has 0 spiro atoms. The summed E-state index contributed by atoms with van der Waals surface area (Å²) in [4.78, 5) is 52.7. The first-order valence-electron chi connectivity index (χ1n) is 13.2. The summed E-state index contributed by atoms with van der Waals surface area (Å²) in [5, 5.41) is 22.7. The first-order chi connectivity index (χ1) is 19.5. The molecule has 6 atom stereocenters. The van der Waals surface area contributed by atoms with Gasteiger partial charge in [-0.15, -0.1) is 0 Å². The quantitative estimate of drug-likeness (QED) is 0.429. The Kier molecular flexibility index (Phi) is 7.80. The van der Waals surface area contributed by atoms with Gasteiger partial charge >= 0.3 is 11.9 Å². The minimum absolute atomic E-state index is 0.0151. The second-order valence-electron chi connectivity index (χ2n) is 10.2. The highest BCUT2D eigenvalue weighted by atomic mass is 16.7. The molecule has 0 radical (unpaired) electrons. The Labute approximate surface area is 235 Å². The average Bonchev–Trinajstić information content (AvgIpc) is 3.29. The summed E-state index contributed by atoms with van der Waals surface area (Å²) in [6.07, 6.45) is -6.93. The van der Waals surface area contributed by atoms with Crippen molar-refractivity contribution in [1.29, 1.82) is 0 Å². The van der Waals surface area contributed by atoms with E-state index in [-0.39, 0.29) is 41.9 Å². The highest BCUT2D eigenvalue weighted by Crippen LogP contribution is 2.48. The summed E-state index contributed by atoms with van der Waals surface area (Å²) in [7, 11) is 1.33. The molecule has 0 bridgehead atoms. The lowest BCUT2D eigenvalue weighted by Crippen LogP contribution is -2.62. The Bertz CT molecular complexity index is 1410. The van der Waals surface area contributed by atoms with E-state index in [2.05, 4.69) is 0 Å². The molecule has 0 unspecified atom stereocenters. The van der Waals surface area contributed by atoms with Gasteiger partial charge in [-0.25, -0.2) is 0 Å². The van der Waals surface area contributed by atoms with Crippen LogP contribution in [0.3, 0.4) is 0 Å². The van der Waals surface area contributed by atoms with Crippen LogP contribution in [0, 0.1) is 0 Å². The number of carbonyl (C=O) groups is 4. The molecule has 1 saturated heterocycles. The topological polar surface area (TPSA) is 155 Å². The Morgan fingerprint density at radius 1 is 1.10 bits per heavy atom. The summed E-state index contributed by atoms with van der Waals surface area (Å²) in [6.45, 7) is 2.48. The number of ketones is 2. The standard InChI is InChI=1S/C30H30O11/c1-15(31)12-21(39-16(2)32)29(38-14-17-8-5-4-6-9-17)30(36)25-24(28-20(41-30)13-22(33)40-28)26(34)18-10-7-11-19(37-3)23(18)27(25)35/h4-11,15,20-21,28-29,31,36H,12-14H2,1-3H3/t15-,20+,21-,28-,29-,30+/m1/s1. The number of rotatable bonds is 9. The monoisotopic (exact) mass is 566 g/mol. The van der Waals surface area contributed by atoms with Crippen LogP contribution in [-0.2, 0) is 35.1 Å². The van der Waals surface area contributed by atoms with Crippen molar-refractivity contribution in [1.82, 2.24) is 0 Å². The zero-order valence-corrected chi connectivity index (χ0v) is 22.7. The van der Waals surface area contributed by atoms with Gasteiger partial charge in [0, 0.05) is 18.9 Å². The van der Waals surface area contributed by atoms with Gasteiger partial charge < -0.3 is 33.9 Å². The molecule has 3 aliphatic rings. The molecule has 216 valence electrons. The van der Waals surface area contributed by atoms with Crippen molar-refractivity contribution in [3.05, 3.63) is 76.4 Å². The Balaban J connectivity index is 1.71. The summed E-state index contributed by atoms with van der Waals surface area (Å²) in [5.41, 5.74) is -0.158. The number of aliphatic hydroxyl groups is 2. The number of Topliss-reactive ketones (excluding diaryl/α,β-unsaturated/α-hetero) is 2. The van der Waals surface area contributed by atoms with E-state index >= 15 is 0 Å². The van der Waals surface area contributed by atoms with Gasteiger partial charge in [-0.1, -0.05) is 42.5 Å². The molecule has 0 saturated carbocycles. The van der Waals surface area contributed by atoms with Crippen molar-refractivity contribution in [2.75, 3.05) is 7.11 Å². The first-order valence-corrected chi connectivity index (χ1v) is 13.2. The number of carbonyl (C=O) groups excluding carboxylic acids is 4. The zero-order valence-electron chi connectivity index (χ0n) is 22.7. The van der Waals surface area contributed by atoms with Crippen LogP contribution >= 0.6 is 0 Å². The lowest BCUT2D eigenvalue weighted by molar-refractivity contribution is -0.293. The van der Waals surface area contributed by atoms with E-state index in [0.29, 0.717) is 5.56 Å². The van der Waals surface area contributed by atoms with Crippen LogP contribution in [0.15, 0.2) is 59.7 Å². The third-order valence-electron chi connectivity index (χ3n) is 7.28. The molecule has 11 heteroatoms. The second-order valence-corrected chi connectivity index (χ2v) is 10.2. The fourth-order valence-corrected chi connectivity index (χ4v) is 5.66. The Morgan fingerprint density at radius 3 is 2.49 bits per heavy atom. The van der Waals surface area contributed by atoms with Crippen LogP contribution in [0.25, 0.3) is 0 Å². The highest BCUT2D eigenvalue weighted by molar-refractivity contribution is 6.29. The maximum atomic E-state index is 14.2. The van der Waals surface area contributed by atoms with Crippen molar-refractivity contribution in [3.63, 3.8) is 0 Å². The summed E-state index contributed by atoms with van der Waals surface area (Å²) < 4.78 is 28.5. The molecule has 1 aliphatic carbocycles. The van der Waals surface area contributed by atoms with Crippen molar-refractivity contribution < 1.29 is 53.1 Å². The van der Waals surface area contributed by atoms with Crippen molar-refractivity contribution in [3.8, 4) is 5.75 Å². The fourth-order valence-electron chi connectivity index (χ4n) is 5.66. The largest absolute Gasteiger partial charge is 0.496 e. The maximum Gasteiger partial charge on any atom is 0.309 e. The van der Waals surface area contributed by atoms with E-state index in [1.807, 2.05) is 0 Å². The lowest BCUT2D eigenvalue weighted by Gasteiger charge is -2.47. The van der Waals surface area contributed by atoms with Crippen LogP contribution in [0.2, 0.25) is 0 Å². The molecule has 2 heterocycles. The van der Waals surface area contributed by atoms with Crippen LogP contribution in [0.1, 0.15) is 53.0 Å². The molecular formula is C30H30O11. The van der Waals surface area contributed by atoms with E-state index < -0.39 is 65.4 Å².